The molecule has 2 heterocycles. The molecule has 0 radical (unpaired) electrons. The van der Waals surface area contributed by atoms with Crippen LogP contribution in [0.25, 0.3) is 0 Å². The summed E-state index contributed by atoms with van der Waals surface area (Å²) in [5.74, 6) is 0.715. The lowest BCUT2D eigenvalue weighted by Gasteiger charge is -2.18. The van der Waals surface area contributed by atoms with Crippen LogP contribution in [0.3, 0.4) is 0 Å². The van der Waals surface area contributed by atoms with Crippen LogP contribution in [-0.4, -0.2) is 22.4 Å². The van der Waals surface area contributed by atoms with E-state index in [0.29, 0.717) is 24.1 Å². The molecular weight excluding hydrogens is 348 g/mol. The largest absolute Gasteiger partial charge is 0.324 e. The van der Waals surface area contributed by atoms with Crippen molar-refractivity contribution in [3.8, 4) is 0 Å². The van der Waals surface area contributed by atoms with Gasteiger partial charge in [0.25, 0.3) is 5.91 Å². The summed E-state index contributed by atoms with van der Waals surface area (Å²) in [5, 5.41) is 3.33. The van der Waals surface area contributed by atoms with E-state index < -0.39 is 0 Å². The van der Waals surface area contributed by atoms with Gasteiger partial charge in [-0.05, 0) is 48.1 Å². The van der Waals surface area contributed by atoms with Crippen LogP contribution in [0.5, 0.6) is 0 Å². The predicted octanol–water partition coefficient (Wildman–Crippen LogP) is 4.85. The maximum Gasteiger partial charge on any atom is 0.277 e. The van der Waals surface area contributed by atoms with Gasteiger partial charge in [-0.25, -0.2) is 9.97 Å². The molecule has 1 aromatic heterocycles. The highest BCUT2D eigenvalue weighted by Crippen LogP contribution is 2.30. The number of hydrogen-bond acceptors (Lipinski definition) is 4. The Bertz CT molecular complexity index is 1030. The zero-order valence-electron chi connectivity index (χ0n) is 16.4. The van der Waals surface area contributed by atoms with Gasteiger partial charge < -0.3 is 10.2 Å². The lowest BCUT2D eigenvalue weighted by atomic mass is 9.98. The Labute approximate surface area is 165 Å². The fraction of sp³-hybridized carbons (Fsp3) is 0.261. The van der Waals surface area contributed by atoms with Crippen LogP contribution in [-0.2, 0) is 6.42 Å². The van der Waals surface area contributed by atoms with Crippen LogP contribution in [0.2, 0.25) is 0 Å². The van der Waals surface area contributed by atoms with Crippen molar-refractivity contribution in [1.82, 2.24) is 9.97 Å². The van der Waals surface area contributed by atoms with E-state index in [4.69, 9.17) is 0 Å². The highest BCUT2D eigenvalue weighted by molar-refractivity contribution is 6.06. The second-order valence-electron chi connectivity index (χ2n) is 7.42. The Balaban J connectivity index is 1.62. The normalized spacial score (nSPS) is 12.9. The Morgan fingerprint density at radius 2 is 1.93 bits per heavy atom. The molecule has 0 saturated heterocycles. The molecular formula is C23H24N4O. The van der Waals surface area contributed by atoms with Gasteiger partial charge in [-0.1, -0.05) is 50.2 Å². The molecule has 3 aromatic rings. The van der Waals surface area contributed by atoms with Crippen LogP contribution in [0.1, 0.15) is 46.9 Å². The zero-order chi connectivity index (χ0) is 19.7. The number of aryl methyl sites for hydroxylation is 1. The number of fused-ring (bicyclic) bond motifs is 1. The van der Waals surface area contributed by atoms with Crippen LogP contribution < -0.4 is 10.2 Å². The van der Waals surface area contributed by atoms with Gasteiger partial charge in [-0.2, -0.15) is 0 Å². The van der Waals surface area contributed by atoms with E-state index >= 15 is 0 Å². The molecule has 0 unspecified atom stereocenters. The van der Waals surface area contributed by atoms with Crippen molar-refractivity contribution >= 4 is 23.2 Å². The molecule has 0 atom stereocenters. The minimum Gasteiger partial charge on any atom is -0.324 e. The second-order valence-corrected chi connectivity index (χ2v) is 7.42. The first-order valence-corrected chi connectivity index (χ1v) is 9.64. The van der Waals surface area contributed by atoms with Gasteiger partial charge in [0.15, 0.2) is 0 Å². The van der Waals surface area contributed by atoms with Crippen LogP contribution in [0.4, 0.5) is 17.3 Å². The molecule has 5 nitrogen and oxygen atoms in total. The highest BCUT2D eigenvalue weighted by atomic mass is 16.2. The summed E-state index contributed by atoms with van der Waals surface area (Å²) in [5.41, 5.74) is 5.91. The molecule has 5 heteroatoms. The molecule has 1 aliphatic heterocycles. The molecule has 28 heavy (non-hydrogen) atoms. The summed E-state index contributed by atoms with van der Waals surface area (Å²) >= 11 is 0. The lowest BCUT2D eigenvalue weighted by molar-refractivity contribution is 0.0984. The van der Waals surface area contributed by atoms with E-state index in [9.17, 15) is 4.79 Å². The van der Waals surface area contributed by atoms with E-state index in [2.05, 4.69) is 60.3 Å². The lowest BCUT2D eigenvalue weighted by Crippen LogP contribution is -2.29. The molecule has 1 N–H and O–H groups in total. The quantitative estimate of drug-likeness (QED) is 0.711. The number of amides is 1. The molecule has 1 aliphatic rings. The summed E-state index contributed by atoms with van der Waals surface area (Å²) in [4.78, 5) is 23.7. The van der Waals surface area contributed by atoms with Crippen LogP contribution >= 0.6 is 0 Å². The fourth-order valence-corrected chi connectivity index (χ4v) is 3.68. The molecule has 0 bridgehead atoms. The number of nitrogens with one attached hydrogen (secondary N) is 1. The molecule has 0 saturated carbocycles. The fourth-order valence-electron chi connectivity index (χ4n) is 3.68. The Hall–Kier alpha value is -3.21. The Kier molecular flexibility index (Phi) is 4.82. The zero-order valence-corrected chi connectivity index (χ0v) is 16.4. The van der Waals surface area contributed by atoms with Crippen LogP contribution in [0.15, 0.2) is 54.7 Å². The van der Waals surface area contributed by atoms with Gasteiger partial charge in [0.05, 0.1) is 0 Å². The summed E-state index contributed by atoms with van der Waals surface area (Å²) in [6, 6.07) is 15.9. The maximum atomic E-state index is 13.1. The number of hydrogen-bond donors (Lipinski definition) is 1. The number of aromatic nitrogens is 2. The number of nitrogens with zero attached hydrogens (tertiary/aromatic N) is 3. The maximum absolute atomic E-state index is 13.1. The molecule has 1 amide bonds. The number of benzene rings is 2. The number of anilines is 3. The molecule has 4 rings (SSSR count). The third-order valence-electron chi connectivity index (χ3n) is 5.17. The van der Waals surface area contributed by atoms with E-state index in [0.717, 1.165) is 23.4 Å². The van der Waals surface area contributed by atoms with E-state index in [1.54, 1.807) is 17.2 Å². The third-order valence-corrected chi connectivity index (χ3v) is 5.17. The topological polar surface area (TPSA) is 58.1 Å². The third kappa shape index (κ3) is 3.36. The number of carbonyl (C=O) groups excluding carboxylic acids is 1. The minimum atomic E-state index is -0.0933. The summed E-state index contributed by atoms with van der Waals surface area (Å²) in [7, 11) is 0. The first-order valence-electron chi connectivity index (χ1n) is 9.64. The first-order chi connectivity index (χ1) is 13.5. The predicted molar refractivity (Wildman–Crippen MR) is 112 cm³/mol. The van der Waals surface area contributed by atoms with Crippen molar-refractivity contribution in [2.75, 3.05) is 16.8 Å². The summed E-state index contributed by atoms with van der Waals surface area (Å²) < 4.78 is 0. The van der Waals surface area contributed by atoms with Gasteiger partial charge in [-0.15, -0.1) is 0 Å². The smallest absolute Gasteiger partial charge is 0.277 e. The van der Waals surface area contributed by atoms with Crippen molar-refractivity contribution in [3.63, 3.8) is 0 Å². The minimum absolute atomic E-state index is 0.0933. The molecule has 2 aromatic carbocycles. The van der Waals surface area contributed by atoms with Crippen LogP contribution in [0, 0.1) is 6.92 Å². The average Bonchev–Trinajstić information content (AvgIpc) is 3.13. The van der Waals surface area contributed by atoms with Crippen molar-refractivity contribution in [1.29, 1.82) is 0 Å². The standard InChI is InChI=1S/C23H24N4O/c1-15(2)18-9-6-7-16(3)21(18)26-23-24-13-11-19(25-23)22(28)27-14-12-17-8-4-5-10-20(17)27/h4-11,13,15H,12,14H2,1-3H3,(H,24,25,26). The Morgan fingerprint density at radius 3 is 2.75 bits per heavy atom. The van der Waals surface area contributed by atoms with Crippen molar-refractivity contribution in [2.45, 2.75) is 33.1 Å². The van der Waals surface area contributed by atoms with Gasteiger partial charge in [0.2, 0.25) is 5.95 Å². The van der Waals surface area contributed by atoms with Gasteiger partial charge in [-0.3, -0.25) is 4.79 Å². The van der Waals surface area contributed by atoms with Gasteiger partial charge in [0.1, 0.15) is 5.69 Å². The van der Waals surface area contributed by atoms with E-state index in [-0.39, 0.29) is 5.91 Å². The van der Waals surface area contributed by atoms with Gasteiger partial charge >= 0.3 is 0 Å². The molecule has 142 valence electrons. The summed E-state index contributed by atoms with van der Waals surface area (Å²) in [6.07, 6.45) is 2.51. The Morgan fingerprint density at radius 1 is 1.11 bits per heavy atom. The average molecular weight is 372 g/mol. The SMILES string of the molecule is Cc1cccc(C(C)C)c1Nc1nccc(C(=O)N2CCc3ccccc32)n1. The molecule has 0 aliphatic carbocycles. The van der Waals surface area contributed by atoms with Crippen molar-refractivity contribution < 1.29 is 4.79 Å². The van der Waals surface area contributed by atoms with E-state index in [1.165, 1.54) is 11.1 Å². The monoisotopic (exact) mass is 372 g/mol. The highest BCUT2D eigenvalue weighted by Gasteiger charge is 2.26. The van der Waals surface area contributed by atoms with Crippen molar-refractivity contribution in [3.05, 3.63) is 77.1 Å². The molecule has 0 fully saturated rings. The summed E-state index contributed by atoms with van der Waals surface area (Å²) in [6.45, 7) is 7.06. The number of carbonyl (C=O) groups is 1. The molecule has 0 spiro atoms. The number of para-hydroxylation sites is 2. The van der Waals surface area contributed by atoms with Crippen molar-refractivity contribution in [2.24, 2.45) is 0 Å². The van der Waals surface area contributed by atoms with Gasteiger partial charge in [0, 0.05) is 24.1 Å². The second kappa shape index (κ2) is 7.43. The number of rotatable bonds is 4. The first kappa shape index (κ1) is 18.2. The van der Waals surface area contributed by atoms with E-state index in [1.807, 2.05) is 18.2 Å².